The van der Waals surface area contributed by atoms with Crippen LogP contribution in [0.25, 0.3) is 0 Å². The van der Waals surface area contributed by atoms with Crippen molar-refractivity contribution in [2.75, 3.05) is 32.8 Å². The predicted octanol–water partition coefficient (Wildman–Crippen LogP) is 9.24. The molecule has 1 rings (SSSR count). The zero-order chi connectivity index (χ0) is 44.8. The highest BCUT2D eigenvalue weighted by molar-refractivity contribution is 5.76. The molecule has 0 saturated carbocycles. The van der Waals surface area contributed by atoms with Crippen LogP contribution in [0.15, 0.2) is 0 Å². The zero-order valence-corrected chi connectivity index (χ0v) is 39.8. The molecule has 0 aromatic heterocycles. The summed E-state index contributed by atoms with van der Waals surface area (Å²) in [6.45, 7) is 9.50. The molecule has 7 N–H and O–H groups in total. The molecule has 61 heavy (non-hydrogen) atoms. The summed E-state index contributed by atoms with van der Waals surface area (Å²) in [5.41, 5.74) is 0. The first-order chi connectivity index (χ1) is 29.7. The Kier molecular flexibility index (Phi) is 38.7. The minimum atomic E-state index is -1.61. The largest absolute Gasteiger partial charge is 0.394 e. The van der Waals surface area contributed by atoms with E-state index in [9.17, 15) is 35.4 Å². The van der Waals surface area contributed by atoms with Crippen LogP contribution in [0.4, 0.5) is 0 Å². The Labute approximate surface area is 374 Å². The summed E-state index contributed by atoms with van der Waals surface area (Å²) in [7, 11) is 0. The summed E-state index contributed by atoms with van der Waals surface area (Å²) in [4.78, 5) is 15.9. The number of aliphatic hydroxyl groups excluding tert-OH is 6. The Balaban J connectivity index is 2.51. The summed E-state index contributed by atoms with van der Waals surface area (Å²) in [5.74, 6) is -0.255. The predicted molar refractivity (Wildman–Crippen MR) is 249 cm³/mol. The number of amides is 1. The first-order valence-corrected chi connectivity index (χ1v) is 26.0. The Bertz CT molecular complexity index is 946. The van der Waals surface area contributed by atoms with Crippen molar-refractivity contribution in [1.29, 1.82) is 0 Å². The second-order valence-corrected chi connectivity index (χ2v) is 18.5. The molecule has 0 unspecified atom stereocenters. The summed E-state index contributed by atoms with van der Waals surface area (Å²) in [6, 6.07) is -0.993. The van der Waals surface area contributed by atoms with Crippen molar-refractivity contribution in [1.82, 2.24) is 10.2 Å². The molecule has 8 atom stereocenters. The van der Waals surface area contributed by atoms with Crippen molar-refractivity contribution in [2.45, 2.75) is 282 Å². The third kappa shape index (κ3) is 30.0. The molecule has 0 aromatic carbocycles. The van der Waals surface area contributed by atoms with E-state index in [0.29, 0.717) is 12.8 Å². The van der Waals surface area contributed by atoms with Crippen LogP contribution >= 0.6 is 0 Å². The van der Waals surface area contributed by atoms with Gasteiger partial charge >= 0.3 is 0 Å². The highest BCUT2D eigenvalue weighted by Crippen LogP contribution is 2.23. The fraction of sp³-hybridized carbons (Fsp3) is 0.980. The van der Waals surface area contributed by atoms with E-state index in [1.807, 2.05) is 0 Å². The average molecular weight is 873 g/mol. The van der Waals surface area contributed by atoms with Gasteiger partial charge in [-0.2, -0.15) is 0 Å². The second-order valence-electron chi connectivity index (χ2n) is 18.5. The lowest BCUT2D eigenvalue weighted by molar-refractivity contribution is -0.303. The van der Waals surface area contributed by atoms with E-state index in [2.05, 4.69) is 31.0 Å². The topological polar surface area (TPSA) is 172 Å². The van der Waals surface area contributed by atoms with Crippen LogP contribution < -0.4 is 5.32 Å². The van der Waals surface area contributed by atoms with Gasteiger partial charge < -0.3 is 50.3 Å². The van der Waals surface area contributed by atoms with Crippen LogP contribution in [0.3, 0.4) is 0 Å². The Morgan fingerprint density at radius 2 is 0.951 bits per heavy atom. The van der Waals surface area contributed by atoms with Crippen molar-refractivity contribution in [3.63, 3.8) is 0 Å². The van der Waals surface area contributed by atoms with Crippen molar-refractivity contribution < 1.29 is 44.9 Å². The van der Waals surface area contributed by atoms with Crippen LogP contribution in [0.1, 0.15) is 233 Å². The molecule has 0 radical (unpaired) electrons. The standard InChI is InChI=1S/C50H100N2O9/c1-4-7-10-13-16-17-18-19-20-21-22-25-30-35-43(54)46(56)42(41-60-50-49(59)48(58)47(57)44(40-53)61-50)51-45(55)36-31-26-23-24-29-34-39-52(37-32-27-14-11-8-5-2)38-33-28-15-12-9-6-3/h42-44,46-50,53-54,56-59H,4-41H2,1-3H3,(H,51,55)/t42-,43+,44+,46-,47-,48-,49+,50-/m0/s1. The van der Waals surface area contributed by atoms with Gasteiger partial charge in [0.15, 0.2) is 6.29 Å². The molecule has 0 bridgehead atoms. The number of rotatable bonds is 44. The van der Waals surface area contributed by atoms with Gasteiger partial charge in [0.25, 0.3) is 0 Å². The van der Waals surface area contributed by atoms with Gasteiger partial charge in [0.1, 0.15) is 30.5 Å². The molecule has 1 aliphatic rings. The quantitative estimate of drug-likeness (QED) is 0.0293. The number of hydrogen-bond donors (Lipinski definition) is 7. The molecule has 0 aromatic rings. The zero-order valence-electron chi connectivity index (χ0n) is 39.8. The molecule has 1 aliphatic heterocycles. The fourth-order valence-electron chi connectivity index (χ4n) is 8.61. The van der Waals surface area contributed by atoms with Crippen LogP contribution in [-0.2, 0) is 14.3 Å². The van der Waals surface area contributed by atoms with E-state index in [1.165, 1.54) is 167 Å². The SMILES string of the molecule is CCCCCCCCCCCCCCC[C@@H](O)[C@@H](O)[C@H](CO[C@H]1O[C@H](CO)[C@H](O)[C@H](O)[C@H]1O)NC(=O)CCCCCCCCN(CCCCCCCC)CCCCCCCC. The molecule has 1 saturated heterocycles. The van der Waals surface area contributed by atoms with Crippen molar-refractivity contribution in [2.24, 2.45) is 0 Å². The molecular weight excluding hydrogens is 773 g/mol. The lowest BCUT2D eigenvalue weighted by atomic mass is 9.98. The van der Waals surface area contributed by atoms with Gasteiger partial charge in [0.05, 0.1) is 25.4 Å². The smallest absolute Gasteiger partial charge is 0.220 e. The maximum absolute atomic E-state index is 13.2. The Morgan fingerprint density at radius 3 is 1.38 bits per heavy atom. The number of hydrogen-bond acceptors (Lipinski definition) is 10. The van der Waals surface area contributed by atoms with Gasteiger partial charge in [0, 0.05) is 6.42 Å². The first kappa shape index (κ1) is 58.1. The molecule has 1 heterocycles. The molecule has 364 valence electrons. The molecule has 0 aliphatic carbocycles. The number of carbonyl (C=O) groups excluding carboxylic acids is 1. The number of carbonyl (C=O) groups is 1. The number of unbranched alkanes of at least 4 members (excludes halogenated alkanes) is 27. The summed E-state index contributed by atoms with van der Waals surface area (Å²) in [5, 5.41) is 65.6. The average Bonchev–Trinajstić information content (AvgIpc) is 3.26. The first-order valence-electron chi connectivity index (χ1n) is 26.0. The van der Waals surface area contributed by atoms with E-state index in [-0.39, 0.29) is 18.9 Å². The van der Waals surface area contributed by atoms with Crippen LogP contribution in [-0.4, -0.2) is 123 Å². The highest BCUT2D eigenvalue weighted by atomic mass is 16.7. The van der Waals surface area contributed by atoms with Gasteiger partial charge in [-0.05, 0) is 51.7 Å². The number of nitrogens with zero attached hydrogens (tertiary/aromatic N) is 1. The van der Waals surface area contributed by atoms with Crippen molar-refractivity contribution in [3.05, 3.63) is 0 Å². The molecular formula is C50H100N2O9. The monoisotopic (exact) mass is 873 g/mol. The highest BCUT2D eigenvalue weighted by Gasteiger charge is 2.44. The summed E-state index contributed by atoms with van der Waals surface area (Å²) in [6.07, 6.45) is 28.9. The number of ether oxygens (including phenoxy) is 2. The lowest BCUT2D eigenvalue weighted by Crippen LogP contribution is -2.60. The fourth-order valence-corrected chi connectivity index (χ4v) is 8.61. The summed E-state index contributed by atoms with van der Waals surface area (Å²) >= 11 is 0. The van der Waals surface area contributed by atoms with Crippen LogP contribution in [0, 0.1) is 0 Å². The molecule has 11 nitrogen and oxygen atoms in total. The van der Waals surface area contributed by atoms with E-state index < -0.39 is 55.6 Å². The van der Waals surface area contributed by atoms with Gasteiger partial charge in [-0.3, -0.25) is 4.79 Å². The lowest BCUT2D eigenvalue weighted by Gasteiger charge is -2.40. The normalized spacial score (nSPS) is 20.9. The van der Waals surface area contributed by atoms with E-state index in [0.717, 1.165) is 44.9 Å². The van der Waals surface area contributed by atoms with Crippen LogP contribution in [0.5, 0.6) is 0 Å². The molecule has 1 fully saturated rings. The van der Waals surface area contributed by atoms with Crippen molar-refractivity contribution >= 4 is 5.91 Å². The van der Waals surface area contributed by atoms with E-state index >= 15 is 0 Å². The third-order valence-electron chi connectivity index (χ3n) is 12.8. The maximum Gasteiger partial charge on any atom is 0.220 e. The van der Waals surface area contributed by atoms with Gasteiger partial charge in [-0.1, -0.05) is 194 Å². The number of nitrogens with one attached hydrogen (secondary N) is 1. The molecule has 0 spiro atoms. The number of aliphatic hydroxyl groups is 6. The maximum atomic E-state index is 13.2. The van der Waals surface area contributed by atoms with Crippen LogP contribution in [0.2, 0.25) is 0 Å². The van der Waals surface area contributed by atoms with E-state index in [1.54, 1.807) is 0 Å². The van der Waals surface area contributed by atoms with E-state index in [4.69, 9.17) is 9.47 Å². The Morgan fingerprint density at radius 1 is 0.557 bits per heavy atom. The third-order valence-corrected chi connectivity index (χ3v) is 12.8. The Hall–Kier alpha value is -0.890. The minimum Gasteiger partial charge on any atom is -0.394 e. The van der Waals surface area contributed by atoms with Gasteiger partial charge in [-0.15, -0.1) is 0 Å². The van der Waals surface area contributed by atoms with Gasteiger partial charge in [0.2, 0.25) is 5.91 Å². The van der Waals surface area contributed by atoms with Crippen molar-refractivity contribution in [3.8, 4) is 0 Å². The molecule has 1 amide bonds. The molecule has 11 heteroatoms. The summed E-state index contributed by atoms with van der Waals surface area (Å²) < 4.78 is 11.2. The second kappa shape index (κ2) is 40.6. The van der Waals surface area contributed by atoms with Gasteiger partial charge in [-0.25, -0.2) is 0 Å². The minimum absolute atomic E-state index is 0.255.